The van der Waals surface area contributed by atoms with Crippen LogP contribution < -0.4 is 0 Å². The molecule has 1 N–H and O–H groups in total. The highest BCUT2D eigenvalue weighted by molar-refractivity contribution is 6.00. The highest BCUT2D eigenvalue weighted by Gasteiger charge is 2.63. The molecule has 4 aliphatic heterocycles. The number of aryl methyl sites for hydroxylation is 1. The number of likely N-dealkylation sites (N-methyl/N-ethyl adjacent to an activating group) is 1. The third-order valence-corrected chi connectivity index (χ3v) is 13.1. The molecule has 0 spiro atoms. The summed E-state index contributed by atoms with van der Waals surface area (Å²) in [6.45, 7) is 15.3. The highest BCUT2D eigenvalue weighted by Crippen LogP contribution is 2.46. The number of aliphatic hydroxyl groups excluding tert-OH is 1. The molecule has 1 aromatic heterocycles. The summed E-state index contributed by atoms with van der Waals surface area (Å²) in [5.41, 5.74) is 0.499. The molecule has 1 aromatic carbocycles. The Hall–Kier alpha value is -3.69. The predicted molar refractivity (Wildman–Crippen MR) is 214 cm³/mol. The number of esters is 1. The van der Waals surface area contributed by atoms with E-state index < -0.39 is 71.5 Å². The fourth-order valence-corrected chi connectivity index (χ4v) is 9.90. The van der Waals surface area contributed by atoms with Crippen LogP contribution in [0, 0.1) is 23.7 Å². The first kappa shape index (κ1) is 42.9. The van der Waals surface area contributed by atoms with Crippen LogP contribution in [0.1, 0.15) is 86.6 Å². The number of hydrogen-bond donors (Lipinski definition) is 1. The number of fused-ring (bicyclic) bond motifs is 2. The molecule has 3 fully saturated rings. The van der Waals surface area contributed by atoms with E-state index in [9.17, 15) is 19.5 Å². The van der Waals surface area contributed by atoms with Crippen molar-refractivity contribution in [1.29, 1.82) is 0 Å². The first-order valence-corrected chi connectivity index (χ1v) is 20.6. The van der Waals surface area contributed by atoms with Gasteiger partial charge in [-0.25, -0.2) is 4.79 Å². The Kier molecular flexibility index (Phi) is 12.7. The van der Waals surface area contributed by atoms with Crippen LogP contribution >= 0.6 is 0 Å². The lowest BCUT2D eigenvalue weighted by Gasteiger charge is -2.49. The van der Waals surface area contributed by atoms with Gasteiger partial charge in [0.15, 0.2) is 17.7 Å². The first-order chi connectivity index (χ1) is 26.9. The van der Waals surface area contributed by atoms with E-state index in [1.54, 1.807) is 24.2 Å². The van der Waals surface area contributed by atoms with Gasteiger partial charge in [-0.05, 0) is 97.5 Å². The Balaban J connectivity index is 1.40. The number of benzene rings is 1. The Morgan fingerprint density at radius 3 is 2.44 bits per heavy atom. The van der Waals surface area contributed by atoms with E-state index in [1.807, 2.05) is 84.1 Å². The Morgan fingerprint density at radius 2 is 1.75 bits per heavy atom. The normalized spacial score (nSPS) is 37.9. The lowest BCUT2D eigenvalue weighted by atomic mass is 9.73. The maximum atomic E-state index is 14.4. The third kappa shape index (κ3) is 8.04. The van der Waals surface area contributed by atoms with Gasteiger partial charge >= 0.3 is 12.1 Å². The van der Waals surface area contributed by atoms with Crippen LogP contribution in [0.3, 0.4) is 0 Å². The molecule has 13 atom stereocenters. The molecule has 314 valence electrons. The van der Waals surface area contributed by atoms with E-state index in [0.717, 1.165) is 28.6 Å². The number of pyridine rings is 1. The Labute approximate surface area is 337 Å². The number of ketones is 1. The lowest BCUT2D eigenvalue weighted by Crippen LogP contribution is -2.63. The number of hydrazine groups is 1. The summed E-state index contributed by atoms with van der Waals surface area (Å²) in [6, 6.07) is 9.25. The highest BCUT2D eigenvalue weighted by atomic mass is 16.7. The quantitative estimate of drug-likeness (QED) is 0.256. The number of para-hydroxylation sites is 1. The largest absolute Gasteiger partial charge is 0.457 e. The van der Waals surface area contributed by atoms with Gasteiger partial charge in [0.1, 0.15) is 24.2 Å². The number of carbonyl (C=O) groups is 3. The molecule has 0 radical (unpaired) electrons. The minimum Gasteiger partial charge on any atom is -0.457 e. The van der Waals surface area contributed by atoms with Crippen LogP contribution in [0.25, 0.3) is 10.9 Å². The van der Waals surface area contributed by atoms with Crippen LogP contribution in [-0.4, -0.2) is 130 Å². The molecule has 14 nitrogen and oxygen atoms in total. The van der Waals surface area contributed by atoms with Gasteiger partial charge < -0.3 is 33.7 Å². The molecule has 0 unspecified atom stereocenters. The van der Waals surface area contributed by atoms with Gasteiger partial charge in [-0.2, -0.15) is 15.2 Å². The first-order valence-electron chi connectivity index (χ1n) is 20.6. The molecule has 3 saturated heterocycles. The summed E-state index contributed by atoms with van der Waals surface area (Å²) >= 11 is 0. The number of aliphatic hydroxyl groups is 1. The zero-order valence-electron chi connectivity index (χ0n) is 35.5. The number of hydrazone groups is 1. The fraction of sp³-hybridized carbons (Fsp3) is 0.698. The molecule has 5 heterocycles. The van der Waals surface area contributed by atoms with Crippen LogP contribution in [-0.2, 0) is 39.7 Å². The number of amides is 1. The summed E-state index contributed by atoms with van der Waals surface area (Å²) in [5, 5.41) is 21.2. The van der Waals surface area contributed by atoms with Crippen LogP contribution in [0.15, 0.2) is 41.6 Å². The van der Waals surface area contributed by atoms with Crippen LogP contribution in [0.5, 0.6) is 0 Å². The van der Waals surface area contributed by atoms with Crippen molar-refractivity contribution in [3.8, 4) is 0 Å². The Morgan fingerprint density at radius 1 is 1.04 bits per heavy atom. The summed E-state index contributed by atoms with van der Waals surface area (Å²) in [4.78, 5) is 48.8. The molecule has 4 aliphatic rings. The van der Waals surface area contributed by atoms with E-state index in [-0.39, 0.29) is 24.0 Å². The van der Waals surface area contributed by atoms with Crippen molar-refractivity contribution in [2.75, 3.05) is 27.7 Å². The summed E-state index contributed by atoms with van der Waals surface area (Å²) in [6.07, 6.45) is -0.155. The van der Waals surface area contributed by atoms with Crippen molar-refractivity contribution in [3.05, 3.63) is 42.1 Å². The van der Waals surface area contributed by atoms with E-state index in [0.29, 0.717) is 32.2 Å². The Bertz CT molecular complexity index is 1820. The molecule has 14 heteroatoms. The van der Waals surface area contributed by atoms with E-state index in [1.165, 1.54) is 6.92 Å². The summed E-state index contributed by atoms with van der Waals surface area (Å²) < 4.78 is 31.8. The van der Waals surface area contributed by atoms with Gasteiger partial charge in [0, 0.05) is 42.3 Å². The van der Waals surface area contributed by atoms with Crippen molar-refractivity contribution in [1.82, 2.24) is 20.0 Å². The monoisotopic (exact) mass is 793 g/mol. The van der Waals surface area contributed by atoms with Crippen molar-refractivity contribution in [2.24, 2.45) is 28.8 Å². The van der Waals surface area contributed by atoms with Crippen molar-refractivity contribution >= 4 is 34.5 Å². The standard InChI is InChI=1S/C43H63N5O9/c1-12-33-43(8)37-26(4)34(45-47(48(37)41(52)57-43)21-15-16-29-19-20-44-31-18-14-13-17-30(29)31)24(2)23-42(7,53-11)38(27(5)35(49)28(6)39(51)55-33)56-40-36(50)32(46(9)10)22-25(3)54-40/h13-14,17-20,24-28,32-33,36-38,40,50H,12,15-16,21-23H2,1-11H3/t24-,25-,26-,27-,28+,32+,33-,36-,37-,38+,40+,42-,43-/m1/s1. The molecule has 2 bridgehead atoms. The number of carbonyl (C=O) groups excluding carboxylic acids is 3. The van der Waals surface area contributed by atoms with E-state index in [2.05, 4.69) is 18.0 Å². The molecule has 6 rings (SSSR count). The van der Waals surface area contributed by atoms with Crippen molar-refractivity contribution < 1.29 is 43.2 Å². The minimum absolute atomic E-state index is 0.225. The maximum absolute atomic E-state index is 14.4. The summed E-state index contributed by atoms with van der Waals surface area (Å²) in [5.74, 6) is -3.74. The zero-order chi connectivity index (χ0) is 41.6. The van der Waals surface area contributed by atoms with Gasteiger partial charge in [0.05, 0.1) is 29.9 Å². The number of Topliss-reactive ketones (excluding diaryl/α,β-unsaturated/α-hetero) is 1. The van der Waals surface area contributed by atoms with Gasteiger partial charge in [0.25, 0.3) is 0 Å². The van der Waals surface area contributed by atoms with E-state index in [4.69, 9.17) is 28.8 Å². The van der Waals surface area contributed by atoms with Crippen LogP contribution in [0.2, 0.25) is 0 Å². The van der Waals surface area contributed by atoms with Gasteiger partial charge in [-0.15, -0.1) is 0 Å². The van der Waals surface area contributed by atoms with Gasteiger partial charge in [-0.3, -0.25) is 14.6 Å². The smallest absolute Gasteiger partial charge is 0.431 e. The summed E-state index contributed by atoms with van der Waals surface area (Å²) in [7, 11) is 5.39. The second-order valence-corrected chi connectivity index (χ2v) is 17.3. The lowest BCUT2D eigenvalue weighted by molar-refractivity contribution is -0.295. The van der Waals surface area contributed by atoms with Crippen LogP contribution in [0.4, 0.5) is 4.79 Å². The molecular formula is C43H63N5O9. The number of rotatable bonds is 9. The number of methoxy groups -OCH3 is 1. The number of aromatic nitrogens is 1. The van der Waals surface area contributed by atoms with Gasteiger partial charge in [-0.1, -0.05) is 45.9 Å². The molecule has 0 saturated carbocycles. The van der Waals surface area contributed by atoms with Gasteiger partial charge in [0.2, 0.25) is 0 Å². The average molecular weight is 794 g/mol. The predicted octanol–water partition coefficient (Wildman–Crippen LogP) is 5.39. The fourth-order valence-electron chi connectivity index (χ4n) is 9.90. The van der Waals surface area contributed by atoms with Crippen molar-refractivity contribution in [2.45, 2.75) is 141 Å². The minimum atomic E-state index is -1.26. The second kappa shape index (κ2) is 16.9. The SMILES string of the molecule is CC[C@H]1OC(=O)[C@@H](C)C(=O)[C@@H](C)[C@H](O[C@@H]2O[C@H](C)C[C@H](N(C)C)[C@H]2O)[C@](C)(OC)C[C@@H](C)C2=NN(CCCc3ccnc4ccccc34)N3C(=O)O[C@@]1(C)[C@H]3[C@@H]2C. The number of nitrogens with zero attached hydrogens (tertiary/aromatic N) is 5. The maximum Gasteiger partial charge on any atom is 0.431 e. The van der Waals surface area contributed by atoms with E-state index >= 15 is 0 Å². The zero-order valence-corrected chi connectivity index (χ0v) is 35.5. The third-order valence-electron chi connectivity index (χ3n) is 13.1. The molecule has 0 aliphatic carbocycles. The molecule has 2 aromatic rings. The molecular weight excluding hydrogens is 730 g/mol. The topological polar surface area (TPSA) is 153 Å². The average Bonchev–Trinajstić information content (AvgIpc) is 3.47. The molecule has 57 heavy (non-hydrogen) atoms. The second-order valence-electron chi connectivity index (χ2n) is 17.3. The number of cyclic esters (lactones) is 1. The van der Waals surface area contributed by atoms with Crippen molar-refractivity contribution in [3.63, 3.8) is 0 Å². The number of hydrogen-bond acceptors (Lipinski definition) is 13. The number of ether oxygens (including phenoxy) is 5. The molecule has 1 amide bonds.